The van der Waals surface area contributed by atoms with Gasteiger partial charge >= 0.3 is 0 Å². The lowest BCUT2D eigenvalue weighted by atomic mass is 9.93. The summed E-state index contributed by atoms with van der Waals surface area (Å²) in [6.45, 7) is 8.21. The highest BCUT2D eigenvalue weighted by molar-refractivity contribution is 7.09. The van der Waals surface area contributed by atoms with Crippen LogP contribution in [0.4, 0.5) is 0 Å². The van der Waals surface area contributed by atoms with Crippen molar-refractivity contribution >= 4 is 22.9 Å². The van der Waals surface area contributed by atoms with Crippen LogP contribution >= 0.6 is 22.9 Å². The Labute approximate surface area is 123 Å². The summed E-state index contributed by atoms with van der Waals surface area (Å²) in [6, 6.07) is 7.91. The lowest BCUT2D eigenvalue weighted by molar-refractivity contribution is 0.568. The number of aromatic nitrogens is 1. The monoisotopic (exact) mass is 294 g/mol. The van der Waals surface area contributed by atoms with E-state index in [0.717, 1.165) is 23.1 Å². The van der Waals surface area contributed by atoms with E-state index in [1.54, 1.807) is 11.3 Å². The fraction of sp³-hybridized carbons (Fsp3) is 0.400. The van der Waals surface area contributed by atoms with Crippen molar-refractivity contribution in [1.82, 2.24) is 10.3 Å². The second kappa shape index (κ2) is 6.04. The molecule has 0 bridgehead atoms. The summed E-state index contributed by atoms with van der Waals surface area (Å²) >= 11 is 7.58. The third-order valence-electron chi connectivity index (χ3n) is 2.84. The Hall–Kier alpha value is -0.900. The van der Waals surface area contributed by atoms with E-state index in [1.165, 1.54) is 11.3 Å². The van der Waals surface area contributed by atoms with E-state index in [-0.39, 0.29) is 5.41 Å². The molecule has 0 spiro atoms. The molecule has 102 valence electrons. The SMILES string of the molecule is CC(C)(C)c1csc(CNCc2ccc(Cl)cc2)n1. The molecule has 0 saturated heterocycles. The number of nitrogens with zero attached hydrogens (tertiary/aromatic N) is 1. The number of rotatable bonds is 4. The zero-order valence-corrected chi connectivity index (χ0v) is 13.1. The second-order valence-electron chi connectivity index (χ2n) is 5.61. The molecule has 0 radical (unpaired) electrons. The van der Waals surface area contributed by atoms with Gasteiger partial charge < -0.3 is 5.32 Å². The smallest absolute Gasteiger partial charge is 0.107 e. The molecule has 0 amide bonds. The zero-order chi connectivity index (χ0) is 13.9. The summed E-state index contributed by atoms with van der Waals surface area (Å²) in [5.41, 5.74) is 2.53. The van der Waals surface area contributed by atoms with Crippen LogP contribution in [-0.2, 0) is 18.5 Å². The number of thiazole rings is 1. The first kappa shape index (κ1) is 14.5. The Morgan fingerprint density at radius 1 is 1.16 bits per heavy atom. The van der Waals surface area contributed by atoms with Gasteiger partial charge in [0.15, 0.2) is 0 Å². The summed E-state index contributed by atoms with van der Waals surface area (Å²) in [6.07, 6.45) is 0. The zero-order valence-electron chi connectivity index (χ0n) is 11.5. The number of benzene rings is 1. The van der Waals surface area contributed by atoms with Gasteiger partial charge in [0, 0.05) is 28.9 Å². The molecule has 2 aromatic rings. The summed E-state index contributed by atoms with van der Waals surface area (Å²) < 4.78 is 0. The Morgan fingerprint density at radius 3 is 2.42 bits per heavy atom. The normalized spacial score (nSPS) is 11.8. The lowest BCUT2D eigenvalue weighted by Crippen LogP contribution is -2.14. The van der Waals surface area contributed by atoms with Crippen molar-refractivity contribution in [3.05, 3.63) is 50.9 Å². The molecule has 2 rings (SSSR count). The van der Waals surface area contributed by atoms with Crippen molar-refractivity contribution in [3.8, 4) is 0 Å². The first-order valence-corrected chi connectivity index (χ1v) is 7.61. The molecule has 4 heteroatoms. The van der Waals surface area contributed by atoms with Gasteiger partial charge in [-0.3, -0.25) is 0 Å². The largest absolute Gasteiger partial charge is 0.306 e. The molecule has 0 saturated carbocycles. The van der Waals surface area contributed by atoms with Crippen molar-refractivity contribution in [2.24, 2.45) is 0 Å². The maximum absolute atomic E-state index is 5.86. The molecule has 0 aliphatic rings. The molecule has 2 nitrogen and oxygen atoms in total. The van der Waals surface area contributed by atoms with E-state index in [1.807, 2.05) is 24.3 Å². The molecule has 1 aromatic heterocycles. The Morgan fingerprint density at radius 2 is 1.84 bits per heavy atom. The quantitative estimate of drug-likeness (QED) is 0.905. The van der Waals surface area contributed by atoms with Crippen LogP contribution in [-0.4, -0.2) is 4.98 Å². The van der Waals surface area contributed by atoms with Crippen molar-refractivity contribution < 1.29 is 0 Å². The van der Waals surface area contributed by atoms with Crippen LogP contribution in [0.15, 0.2) is 29.6 Å². The summed E-state index contributed by atoms with van der Waals surface area (Å²) in [4.78, 5) is 4.66. The van der Waals surface area contributed by atoms with Crippen LogP contribution in [0.5, 0.6) is 0 Å². The van der Waals surface area contributed by atoms with Crippen LogP contribution < -0.4 is 5.32 Å². The Bertz CT molecular complexity index is 526. The van der Waals surface area contributed by atoms with E-state index in [9.17, 15) is 0 Å². The van der Waals surface area contributed by atoms with Crippen LogP contribution in [0.3, 0.4) is 0 Å². The third kappa shape index (κ3) is 4.30. The van der Waals surface area contributed by atoms with Gasteiger partial charge in [-0.15, -0.1) is 11.3 Å². The fourth-order valence-electron chi connectivity index (χ4n) is 1.65. The molecule has 0 aliphatic carbocycles. The third-order valence-corrected chi connectivity index (χ3v) is 3.94. The number of hydrogen-bond acceptors (Lipinski definition) is 3. The summed E-state index contributed by atoms with van der Waals surface area (Å²) in [5.74, 6) is 0. The van der Waals surface area contributed by atoms with Gasteiger partial charge in [0.1, 0.15) is 5.01 Å². The van der Waals surface area contributed by atoms with Gasteiger partial charge in [0.05, 0.1) is 5.69 Å². The predicted molar refractivity (Wildman–Crippen MR) is 82.8 cm³/mol. The first-order valence-electron chi connectivity index (χ1n) is 6.35. The maximum Gasteiger partial charge on any atom is 0.107 e. The molecule has 1 heterocycles. The minimum absolute atomic E-state index is 0.130. The minimum atomic E-state index is 0.130. The van der Waals surface area contributed by atoms with E-state index < -0.39 is 0 Å². The molecule has 1 N–H and O–H groups in total. The highest BCUT2D eigenvalue weighted by Gasteiger charge is 2.17. The van der Waals surface area contributed by atoms with Crippen molar-refractivity contribution in [3.63, 3.8) is 0 Å². The number of hydrogen-bond donors (Lipinski definition) is 1. The molecular weight excluding hydrogens is 276 g/mol. The predicted octanol–water partition coefficient (Wildman–Crippen LogP) is 4.38. The molecule has 19 heavy (non-hydrogen) atoms. The Kier molecular flexibility index (Phi) is 4.61. The highest BCUT2D eigenvalue weighted by Crippen LogP contribution is 2.23. The van der Waals surface area contributed by atoms with Crippen LogP contribution in [0, 0.1) is 0 Å². The average molecular weight is 295 g/mol. The number of nitrogens with one attached hydrogen (secondary N) is 1. The van der Waals surface area contributed by atoms with Gasteiger partial charge in [-0.1, -0.05) is 44.5 Å². The van der Waals surface area contributed by atoms with E-state index in [2.05, 4.69) is 36.5 Å². The van der Waals surface area contributed by atoms with E-state index in [4.69, 9.17) is 11.6 Å². The maximum atomic E-state index is 5.86. The average Bonchev–Trinajstić information content (AvgIpc) is 2.80. The van der Waals surface area contributed by atoms with Crippen LogP contribution in [0.1, 0.15) is 37.0 Å². The van der Waals surface area contributed by atoms with Gasteiger partial charge in [-0.05, 0) is 17.7 Å². The van der Waals surface area contributed by atoms with E-state index >= 15 is 0 Å². The lowest BCUT2D eigenvalue weighted by Gasteiger charge is -2.14. The van der Waals surface area contributed by atoms with Gasteiger partial charge in [0.25, 0.3) is 0 Å². The topological polar surface area (TPSA) is 24.9 Å². The molecule has 0 atom stereocenters. The molecule has 0 aliphatic heterocycles. The minimum Gasteiger partial charge on any atom is -0.306 e. The van der Waals surface area contributed by atoms with Crippen molar-refractivity contribution in [1.29, 1.82) is 0 Å². The summed E-state index contributed by atoms with van der Waals surface area (Å²) in [5, 5.41) is 7.47. The second-order valence-corrected chi connectivity index (χ2v) is 6.99. The Balaban J connectivity index is 1.86. The molecule has 0 fully saturated rings. The molecule has 0 unspecified atom stereocenters. The standard InChI is InChI=1S/C15H19ClN2S/c1-15(2,3)13-10-19-14(18-13)9-17-8-11-4-6-12(16)7-5-11/h4-7,10,17H,8-9H2,1-3H3. The van der Waals surface area contributed by atoms with Crippen LogP contribution in [0.2, 0.25) is 5.02 Å². The van der Waals surface area contributed by atoms with Crippen LogP contribution in [0.25, 0.3) is 0 Å². The molecule has 1 aromatic carbocycles. The molecular formula is C15H19ClN2S. The summed E-state index contributed by atoms with van der Waals surface area (Å²) in [7, 11) is 0. The van der Waals surface area contributed by atoms with Gasteiger partial charge in [-0.25, -0.2) is 4.98 Å². The van der Waals surface area contributed by atoms with Crippen molar-refractivity contribution in [2.75, 3.05) is 0 Å². The van der Waals surface area contributed by atoms with Gasteiger partial charge in [-0.2, -0.15) is 0 Å². The highest BCUT2D eigenvalue weighted by atomic mass is 35.5. The first-order chi connectivity index (χ1) is 8.95. The fourth-order valence-corrected chi connectivity index (χ4v) is 2.77. The van der Waals surface area contributed by atoms with Crippen molar-refractivity contribution in [2.45, 2.75) is 39.3 Å². The van der Waals surface area contributed by atoms with Gasteiger partial charge in [0.2, 0.25) is 0 Å². The number of halogens is 1. The van der Waals surface area contributed by atoms with E-state index in [0.29, 0.717) is 0 Å².